The Kier molecular flexibility index (Phi) is 7.90. The molecule has 0 aliphatic carbocycles. The first-order chi connectivity index (χ1) is 13.9. The SMILES string of the molecule is CC(C)C(CN1CCN(Cc2ccc(Cl)c(Cl)c2)CC1)NC(=O)c1ccncc1. The summed E-state index contributed by atoms with van der Waals surface area (Å²) >= 11 is 12.1. The van der Waals surface area contributed by atoms with Crippen molar-refractivity contribution in [2.24, 2.45) is 5.92 Å². The molecule has 1 aliphatic heterocycles. The molecule has 156 valence electrons. The van der Waals surface area contributed by atoms with Crippen LogP contribution in [0.3, 0.4) is 0 Å². The molecule has 1 N–H and O–H groups in total. The summed E-state index contributed by atoms with van der Waals surface area (Å²) in [5.74, 6) is 0.319. The lowest BCUT2D eigenvalue weighted by molar-refractivity contribution is 0.0862. The number of rotatable bonds is 7. The van der Waals surface area contributed by atoms with Gasteiger partial charge in [-0.05, 0) is 35.7 Å². The number of hydrogen-bond donors (Lipinski definition) is 1. The first-order valence-corrected chi connectivity index (χ1v) is 10.8. The predicted molar refractivity (Wildman–Crippen MR) is 119 cm³/mol. The molecule has 1 aromatic heterocycles. The van der Waals surface area contributed by atoms with Crippen LogP contribution < -0.4 is 5.32 Å². The fraction of sp³-hybridized carbons (Fsp3) is 0.455. The smallest absolute Gasteiger partial charge is 0.251 e. The van der Waals surface area contributed by atoms with E-state index in [2.05, 4.69) is 33.9 Å². The largest absolute Gasteiger partial charge is 0.348 e. The van der Waals surface area contributed by atoms with E-state index in [-0.39, 0.29) is 11.9 Å². The Morgan fingerprint density at radius 3 is 2.31 bits per heavy atom. The highest BCUT2D eigenvalue weighted by Gasteiger charge is 2.23. The maximum Gasteiger partial charge on any atom is 0.251 e. The van der Waals surface area contributed by atoms with Gasteiger partial charge in [-0.2, -0.15) is 0 Å². The number of nitrogens with zero attached hydrogens (tertiary/aromatic N) is 3. The van der Waals surface area contributed by atoms with E-state index in [1.807, 2.05) is 18.2 Å². The van der Waals surface area contributed by atoms with Crippen LogP contribution >= 0.6 is 23.2 Å². The second-order valence-electron chi connectivity index (χ2n) is 7.89. The van der Waals surface area contributed by atoms with Crippen molar-refractivity contribution in [3.8, 4) is 0 Å². The summed E-state index contributed by atoms with van der Waals surface area (Å²) in [7, 11) is 0. The van der Waals surface area contributed by atoms with Crippen molar-refractivity contribution in [3.63, 3.8) is 0 Å². The van der Waals surface area contributed by atoms with Crippen molar-refractivity contribution >= 4 is 29.1 Å². The van der Waals surface area contributed by atoms with Gasteiger partial charge < -0.3 is 5.32 Å². The van der Waals surface area contributed by atoms with Gasteiger partial charge in [0.2, 0.25) is 0 Å². The number of hydrogen-bond acceptors (Lipinski definition) is 4. The second-order valence-corrected chi connectivity index (χ2v) is 8.70. The fourth-order valence-electron chi connectivity index (χ4n) is 3.48. The van der Waals surface area contributed by atoms with Crippen LogP contribution in [-0.2, 0) is 6.54 Å². The highest BCUT2D eigenvalue weighted by molar-refractivity contribution is 6.42. The molecule has 1 fully saturated rings. The Morgan fingerprint density at radius 2 is 1.69 bits per heavy atom. The number of pyridine rings is 1. The Hall–Kier alpha value is -1.66. The molecular weight excluding hydrogens is 407 g/mol. The van der Waals surface area contributed by atoms with Crippen molar-refractivity contribution in [2.75, 3.05) is 32.7 Å². The Labute approximate surface area is 183 Å². The standard InChI is InChI=1S/C22H28Cl2N4O/c1-16(2)21(26-22(29)18-5-7-25-8-6-18)15-28-11-9-27(10-12-28)14-17-3-4-19(23)20(24)13-17/h3-8,13,16,21H,9-12,14-15H2,1-2H3,(H,26,29). The van der Waals surface area contributed by atoms with Gasteiger partial charge in [-0.15, -0.1) is 0 Å². The summed E-state index contributed by atoms with van der Waals surface area (Å²) in [6.07, 6.45) is 3.29. The molecule has 2 aromatic rings. The van der Waals surface area contributed by atoms with E-state index in [1.165, 1.54) is 5.56 Å². The molecule has 2 heterocycles. The predicted octanol–water partition coefficient (Wildman–Crippen LogP) is 3.96. The van der Waals surface area contributed by atoms with Crippen LogP contribution in [0, 0.1) is 5.92 Å². The second kappa shape index (κ2) is 10.4. The number of benzene rings is 1. The average Bonchev–Trinajstić information content (AvgIpc) is 2.72. The number of amides is 1. The van der Waals surface area contributed by atoms with E-state index in [9.17, 15) is 4.79 Å². The number of nitrogens with one attached hydrogen (secondary N) is 1. The van der Waals surface area contributed by atoms with Crippen LogP contribution in [0.4, 0.5) is 0 Å². The zero-order chi connectivity index (χ0) is 20.8. The molecule has 3 rings (SSSR count). The number of carbonyl (C=O) groups is 1. The maximum absolute atomic E-state index is 12.5. The number of carbonyl (C=O) groups excluding carboxylic acids is 1. The zero-order valence-electron chi connectivity index (χ0n) is 16.9. The van der Waals surface area contributed by atoms with Crippen molar-refractivity contribution in [3.05, 3.63) is 63.9 Å². The Balaban J connectivity index is 1.50. The van der Waals surface area contributed by atoms with Crippen molar-refractivity contribution in [1.29, 1.82) is 0 Å². The van der Waals surface area contributed by atoms with Crippen LogP contribution in [0.2, 0.25) is 10.0 Å². The third-order valence-corrected chi connectivity index (χ3v) is 6.11. The molecule has 0 saturated carbocycles. The highest BCUT2D eigenvalue weighted by Crippen LogP contribution is 2.23. The van der Waals surface area contributed by atoms with Gasteiger partial charge >= 0.3 is 0 Å². The molecule has 1 amide bonds. The Bertz CT molecular complexity index is 808. The lowest BCUT2D eigenvalue weighted by atomic mass is 10.0. The topological polar surface area (TPSA) is 48.5 Å². The summed E-state index contributed by atoms with van der Waals surface area (Å²) < 4.78 is 0. The molecule has 29 heavy (non-hydrogen) atoms. The van der Waals surface area contributed by atoms with Gasteiger partial charge in [-0.1, -0.05) is 43.1 Å². The highest BCUT2D eigenvalue weighted by atomic mass is 35.5. The van der Waals surface area contributed by atoms with E-state index < -0.39 is 0 Å². The van der Waals surface area contributed by atoms with Crippen LogP contribution in [-0.4, -0.2) is 59.5 Å². The first-order valence-electron chi connectivity index (χ1n) is 10.0. The summed E-state index contributed by atoms with van der Waals surface area (Å²) in [6.45, 7) is 9.97. The van der Waals surface area contributed by atoms with Crippen LogP contribution in [0.15, 0.2) is 42.7 Å². The normalized spacial score (nSPS) is 16.7. The molecular formula is C22H28Cl2N4O. The van der Waals surface area contributed by atoms with E-state index in [1.54, 1.807) is 24.5 Å². The fourth-order valence-corrected chi connectivity index (χ4v) is 3.80. The third kappa shape index (κ3) is 6.41. The minimum atomic E-state index is -0.0376. The third-order valence-electron chi connectivity index (χ3n) is 5.37. The Morgan fingerprint density at radius 1 is 1.03 bits per heavy atom. The van der Waals surface area contributed by atoms with E-state index in [0.717, 1.165) is 39.3 Å². The van der Waals surface area contributed by atoms with Crippen LogP contribution in [0.25, 0.3) is 0 Å². The van der Waals surface area contributed by atoms with Crippen molar-refractivity contribution in [2.45, 2.75) is 26.4 Å². The number of halogens is 2. The van der Waals surface area contributed by atoms with Crippen molar-refractivity contribution < 1.29 is 4.79 Å². The van der Waals surface area contributed by atoms with Gasteiger partial charge in [-0.25, -0.2) is 0 Å². The van der Waals surface area contributed by atoms with Gasteiger partial charge in [0, 0.05) is 63.3 Å². The molecule has 0 bridgehead atoms. The minimum absolute atomic E-state index is 0.0376. The van der Waals surface area contributed by atoms with Gasteiger partial charge in [0.1, 0.15) is 0 Å². The quantitative estimate of drug-likeness (QED) is 0.716. The average molecular weight is 435 g/mol. The summed E-state index contributed by atoms with van der Waals surface area (Å²) in [6, 6.07) is 9.43. The summed E-state index contributed by atoms with van der Waals surface area (Å²) in [5, 5.41) is 4.39. The molecule has 1 unspecified atom stereocenters. The van der Waals surface area contributed by atoms with Gasteiger partial charge in [0.05, 0.1) is 10.0 Å². The van der Waals surface area contributed by atoms with Gasteiger partial charge in [-0.3, -0.25) is 19.6 Å². The molecule has 5 nitrogen and oxygen atoms in total. The molecule has 7 heteroatoms. The lowest BCUT2D eigenvalue weighted by Crippen LogP contribution is -2.52. The maximum atomic E-state index is 12.5. The van der Waals surface area contributed by atoms with Crippen LogP contribution in [0.5, 0.6) is 0 Å². The number of piperazine rings is 1. The van der Waals surface area contributed by atoms with E-state index >= 15 is 0 Å². The summed E-state index contributed by atoms with van der Waals surface area (Å²) in [4.78, 5) is 21.4. The van der Waals surface area contributed by atoms with Gasteiger partial charge in [0.15, 0.2) is 0 Å². The lowest BCUT2D eigenvalue weighted by Gasteiger charge is -2.37. The molecule has 0 spiro atoms. The first kappa shape index (κ1) is 22.0. The molecule has 1 aliphatic rings. The van der Waals surface area contributed by atoms with Crippen molar-refractivity contribution in [1.82, 2.24) is 20.1 Å². The molecule has 0 radical (unpaired) electrons. The zero-order valence-corrected chi connectivity index (χ0v) is 18.5. The summed E-state index contributed by atoms with van der Waals surface area (Å²) in [5.41, 5.74) is 1.83. The van der Waals surface area contributed by atoms with E-state index in [4.69, 9.17) is 23.2 Å². The minimum Gasteiger partial charge on any atom is -0.348 e. The monoisotopic (exact) mass is 434 g/mol. The molecule has 1 aromatic carbocycles. The van der Waals surface area contributed by atoms with E-state index in [0.29, 0.717) is 21.5 Å². The molecule has 1 saturated heterocycles. The van der Waals surface area contributed by atoms with Crippen LogP contribution in [0.1, 0.15) is 29.8 Å². The number of aromatic nitrogens is 1. The molecule has 1 atom stereocenters. The van der Waals surface area contributed by atoms with Gasteiger partial charge in [0.25, 0.3) is 5.91 Å².